The molecule has 2 rings (SSSR count). The number of aliphatic hydroxyl groups excluding tert-OH is 1. The first-order valence-corrected chi connectivity index (χ1v) is 6.35. The normalized spacial score (nSPS) is 18.6. The third-order valence-electron chi connectivity index (χ3n) is 3.05. The lowest BCUT2D eigenvalue weighted by molar-refractivity contribution is -0.183. The maximum atomic E-state index is 10.1. The smallest absolute Gasteiger partial charge is 0.157 e. The second kappa shape index (κ2) is 6.73. The van der Waals surface area contributed by atoms with Gasteiger partial charge in [0.25, 0.3) is 0 Å². The molecule has 0 radical (unpaired) electrons. The Morgan fingerprint density at radius 2 is 2.17 bits per heavy atom. The molecule has 100 valence electrons. The molecule has 1 N–H and O–H groups in total. The quantitative estimate of drug-likeness (QED) is 0.873. The van der Waals surface area contributed by atoms with Crippen molar-refractivity contribution >= 4 is 0 Å². The number of benzene rings is 1. The predicted octanol–water partition coefficient (Wildman–Crippen LogP) is 2.27. The molecule has 0 bridgehead atoms. The summed E-state index contributed by atoms with van der Waals surface area (Å²) in [6.45, 7) is 1.50. The first kappa shape index (κ1) is 13.3. The molecule has 0 aliphatic carbocycles. The van der Waals surface area contributed by atoms with Gasteiger partial charge in [-0.3, -0.25) is 0 Å². The monoisotopic (exact) mass is 252 g/mol. The SMILES string of the molecule is COc1cccc([C@H](O)CCC2OCCCO2)c1. The fraction of sp³-hybridized carbons (Fsp3) is 0.571. The van der Waals surface area contributed by atoms with Crippen LogP contribution in [0, 0.1) is 0 Å². The molecule has 1 aromatic carbocycles. The van der Waals surface area contributed by atoms with Crippen molar-refractivity contribution in [3.63, 3.8) is 0 Å². The van der Waals surface area contributed by atoms with Gasteiger partial charge in [0.2, 0.25) is 0 Å². The van der Waals surface area contributed by atoms with Crippen molar-refractivity contribution in [3.8, 4) is 5.75 Å². The van der Waals surface area contributed by atoms with Crippen LogP contribution in [0.1, 0.15) is 30.9 Å². The van der Waals surface area contributed by atoms with Crippen LogP contribution in [0.25, 0.3) is 0 Å². The Bertz CT molecular complexity index is 361. The Hall–Kier alpha value is -1.10. The van der Waals surface area contributed by atoms with Crippen molar-refractivity contribution in [2.75, 3.05) is 20.3 Å². The zero-order valence-corrected chi connectivity index (χ0v) is 10.7. The van der Waals surface area contributed by atoms with Crippen LogP contribution in [0.5, 0.6) is 5.75 Å². The van der Waals surface area contributed by atoms with Gasteiger partial charge in [-0.05, 0) is 30.5 Å². The average Bonchev–Trinajstić information content (AvgIpc) is 2.46. The maximum Gasteiger partial charge on any atom is 0.157 e. The summed E-state index contributed by atoms with van der Waals surface area (Å²) in [6.07, 6.45) is 1.61. The number of aliphatic hydroxyl groups is 1. The first-order chi connectivity index (χ1) is 8.79. The summed E-state index contributed by atoms with van der Waals surface area (Å²) >= 11 is 0. The van der Waals surface area contributed by atoms with Gasteiger partial charge >= 0.3 is 0 Å². The molecule has 1 saturated heterocycles. The number of ether oxygens (including phenoxy) is 3. The summed E-state index contributed by atoms with van der Waals surface area (Å²) in [5, 5.41) is 10.1. The predicted molar refractivity (Wildman–Crippen MR) is 67.5 cm³/mol. The topological polar surface area (TPSA) is 47.9 Å². The maximum absolute atomic E-state index is 10.1. The van der Waals surface area contributed by atoms with E-state index in [1.165, 1.54) is 0 Å². The summed E-state index contributed by atoms with van der Waals surface area (Å²) in [5.74, 6) is 0.761. The van der Waals surface area contributed by atoms with Gasteiger partial charge in [-0.1, -0.05) is 12.1 Å². The second-order valence-corrected chi connectivity index (χ2v) is 4.39. The lowest BCUT2D eigenvalue weighted by Crippen LogP contribution is -2.25. The molecule has 1 aliphatic heterocycles. The summed E-state index contributed by atoms with van der Waals surface area (Å²) in [7, 11) is 1.62. The van der Waals surface area contributed by atoms with Crippen molar-refractivity contribution < 1.29 is 19.3 Å². The molecule has 0 saturated carbocycles. The minimum absolute atomic E-state index is 0.168. The molecule has 18 heavy (non-hydrogen) atoms. The Labute approximate surface area is 107 Å². The first-order valence-electron chi connectivity index (χ1n) is 6.35. The van der Waals surface area contributed by atoms with E-state index in [1.807, 2.05) is 24.3 Å². The van der Waals surface area contributed by atoms with Gasteiger partial charge in [-0.15, -0.1) is 0 Å². The number of rotatable bonds is 5. The summed E-state index contributed by atoms with van der Waals surface area (Å²) in [5.41, 5.74) is 0.866. The number of hydrogen-bond acceptors (Lipinski definition) is 4. The van der Waals surface area contributed by atoms with Crippen LogP contribution in [0.4, 0.5) is 0 Å². The molecule has 0 spiro atoms. The van der Waals surface area contributed by atoms with Crippen LogP contribution in [-0.2, 0) is 9.47 Å². The summed E-state index contributed by atoms with van der Waals surface area (Å²) in [4.78, 5) is 0. The molecule has 1 heterocycles. The third kappa shape index (κ3) is 3.70. The molecule has 1 aliphatic rings. The largest absolute Gasteiger partial charge is 0.497 e. The molecule has 4 heteroatoms. The standard InChI is InChI=1S/C14H20O4/c1-16-12-5-2-4-11(10-12)13(15)6-7-14-17-8-3-9-18-14/h2,4-5,10,13-15H,3,6-9H2,1H3/t13-/m1/s1. The molecule has 1 aromatic rings. The van der Waals surface area contributed by atoms with Crippen LogP contribution in [-0.4, -0.2) is 31.7 Å². The van der Waals surface area contributed by atoms with Crippen molar-refractivity contribution in [1.82, 2.24) is 0 Å². The van der Waals surface area contributed by atoms with Crippen LogP contribution < -0.4 is 4.74 Å². The second-order valence-electron chi connectivity index (χ2n) is 4.39. The fourth-order valence-corrected chi connectivity index (χ4v) is 2.01. The Kier molecular flexibility index (Phi) is 4.99. The van der Waals surface area contributed by atoms with E-state index in [9.17, 15) is 5.11 Å². The molecule has 0 aromatic heterocycles. The highest BCUT2D eigenvalue weighted by atomic mass is 16.7. The Balaban J connectivity index is 1.84. The molecule has 0 amide bonds. The number of methoxy groups -OCH3 is 1. The van der Waals surface area contributed by atoms with Gasteiger partial charge in [-0.25, -0.2) is 0 Å². The van der Waals surface area contributed by atoms with E-state index >= 15 is 0 Å². The Morgan fingerprint density at radius 3 is 2.89 bits per heavy atom. The van der Waals surface area contributed by atoms with Crippen LogP contribution in [0.2, 0.25) is 0 Å². The Morgan fingerprint density at radius 1 is 1.39 bits per heavy atom. The summed E-state index contributed by atoms with van der Waals surface area (Å²) < 4.78 is 16.0. The summed E-state index contributed by atoms with van der Waals surface area (Å²) in [6, 6.07) is 7.50. The van der Waals surface area contributed by atoms with Crippen LogP contribution in [0.3, 0.4) is 0 Å². The van der Waals surface area contributed by atoms with Crippen molar-refractivity contribution in [2.45, 2.75) is 31.7 Å². The lowest BCUT2D eigenvalue weighted by Gasteiger charge is -2.24. The van der Waals surface area contributed by atoms with Gasteiger partial charge in [0.05, 0.1) is 26.4 Å². The van der Waals surface area contributed by atoms with Gasteiger partial charge < -0.3 is 19.3 Å². The fourth-order valence-electron chi connectivity index (χ4n) is 2.01. The van der Waals surface area contributed by atoms with E-state index in [2.05, 4.69) is 0 Å². The van der Waals surface area contributed by atoms with Crippen LogP contribution >= 0.6 is 0 Å². The van der Waals surface area contributed by atoms with Gasteiger partial charge in [0.15, 0.2) is 6.29 Å². The van der Waals surface area contributed by atoms with Gasteiger partial charge in [0.1, 0.15) is 5.75 Å². The van der Waals surface area contributed by atoms with Gasteiger partial charge in [0, 0.05) is 6.42 Å². The third-order valence-corrected chi connectivity index (χ3v) is 3.05. The van der Waals surface area contributed by atoms with E-state index < -0.39 is 6.10 Å². The van der Waals surface area contributed by atoms with Gasteiger partial charge in [-0.2, -0.15) is 0 Å². The average molecular weight is 252 g/mol. The highest BCUT2D eigenvalue weighted by molar-refractivity contribution is 5.29. The lowest BCUT2D eigenvalue weighted by atomic mass is 10.0. The molecule has 1 fully saturated rings. The van der Waals surface area contributed by atoms with Crippen molar-refractivity contribution in [1.29, 1.82) is 0 Å². The minimum atomic E-state index is -0.505. The van der Waals surface area contributed by atoms with E-state index in [4.69, 9.17) is 14.2 Å². The zero-order chi connectivity index (χ0) is 12.8. The van der Waals surface area contributed by atoms with Crippen LogP contribution in [0.15, 0.2) is 24.3 Å². The molecule has 1 atom stereocenters. The van der Waals surface area contributed by atoms with Crippen molar-refractivity contribution in [3.05, 3.63) is 29.8 Å². The molecular formula is C14H20O4. The van der Waals surface area contributed by atoms with E-state index in [-0.39, 0.29) is 6.29 Å². The van der Waals surface area contributed by atoms with E-state index in [0.717, 1.165) is 30.9 Å². The highest BCUT2D eigenvalue weighted by Crippen LogP contribution is 2.24. The highest BCUT2D eigenvalue weighted by Gasteiger charge is 2.17. The molecule has 0 unspecified atom stereocenters. The zero-order valence-electron chi connectivity index (χ0n) is 10.7. The number of hydrogen-bond donors (Lipinski definition) is 1. The van der Waals surface area contributed by atoms with E-state index in [0.29, 0.717) is 12.8 Å². The van der Waals surface area contributed by atoms with E-state index in [1.54, 1.807) is 7.11 Å². The minimum Gasteiger partial charge on any atom is -0.497 e. The molecular weight excluding hydrogens is 232 g/mol. The molecule has 4 nitrogen and oxygen atoms in total. The van der Waals surface area contributed by atoms with Crippen molar-refractivity contribution in [2.24, 2.45) is 0 Å².